The van der Waals surface area contributed by atoms with Crippen molar-refractivity contribution in [2.45, 2.75) is 0 Å². The molecule has 2 aromatic carbocycles. The fourth-order valence-corrected chi connectivity index (χ4v) is 1.84. The van der Waals surface area contributed by atoms with E-state index < -0.39 is 5.82 Å². The van der Waals surface area contributed by atoms with E-state index in [0.717, 1.165) is 0 Å². The van der Waals surface area contributed by atoms with Crippen molar-refractivity contribution in [2.75, 3.05) is 5.32 Å². The van der Waals surface area contributed by atoms with Gasteiger partial charge in [-0.3, -0.25) is 4.79 Å². The van der Waals surface area contributed by atoms with Gasteiger partial charge >= 0.3 is 0 Å². The maximum absolute atomic E-state index is 13.3. The standard InChI is InChI=1S/C13H8BrClFNO/c14-11-5-4-10(7-12(11)16)17-13(18)8-2-1-3-9(15)6-8/h1-7H,(H,17,18). The molecule has 0 radical (unpaired) electrons. The number of amides is 1. The molecule has 18 heavy (non-hydrogen) atoms. The maximum atomic E-state index is 13.3. The number of carbonyl (C=O) groups excluding carboxylic acids is 1. The van der Waals surface area contributed by atoms with Crippen LogP contribution in [0.3, 0.4) is 0 Å². The summed E-state index contributed by atoms with van der Waals surface area (Å²) in [5.74, 6) is -0.766. The van der Waals surface area contributed by atoms with Gasteiger partial charge in [-0.2, -0.15) is 0 Å². The van der Waals surface area contributed by atoms with Gasteiger partial charge in [-0.15, -0.1) is 0 Å². The summed E-state index contributed by atoms with van der Waals surface area (Å²) in [7, 11) is 0. The van der Waals surface area contributed by atoms with Gasteiger partial charge in [-0.25, -0.2) is 4.39 Å². The van der Waals surface area contributed by atoms with Gasteiger partial charge in [-0.1, -0.05) is 17.7 Å². The number of rotatable bonds is 2. The molecule has 0 spiro atoms. The fraction of sp³-hybridized carbons (Fsp3) is 0. The number of benzene rings is 2. The van der Waals surface area contributed by atoms with Crippen molar-refractivity contribution in [3.63, 3.8) is 0 Å². The second kappa shape index (κ2) is 5.50. The molecule has 2 nitrogen and oxygen atoms in total. The third-order valence-electron chi connectivity index (χ3n) is 2.26. The zero-order valence-corrected chi connectivity index (χ0v) is 11.4. The van der Waals surface area contributed by atoms with Crippen LogP contribution in [0.15, 0.2) is 46.9 Å². The van der Waals surface area contributed by atoms with E-state index in [0.29, 0.717) is 20.7 Å². The molecule has 0 unspecified atom stereocenters. The van der Waals surface area contributed by atoms with Crippen LogP contribution in [0.25, 0.3) is 0 Å². The Labute approximate surface area is 117 Å². The predicted molar refractivity (Wildman–Crippen MR) is 73.5 cm³/mol. The fourth-order valence-electron chi connectivity index (χ4n) is 1.41. The monoisotopic (exact) mass is 327 g/mol. The van der Waals surface area contributed by atoms with Gasteiger partial charge in [0.25, 0.3) is 5.91 Å². The molecule has 0 aliphatic carbocycles. The van der Waals surface area contributed by atoms with E-state index in [-0.39, 0.29) is 5.91 Å². The van der Waals surface area contributed by atoms with Crippen molar-refractivity contribution < 1.29 is 9.18 Å². The Morgan fingerprint density at radius 3 is 2.67 bits per heavy atom. The third kappa shape index (κ3) is 3.09. The molecule has 2 rings (SSSR count). The molecule has 0 atom stereocenters. The quantitative estimate of drug-likeness (QED) is 0.864. The normalized spacial score (nSPS) is 10.2. The molecule has 0 aromatic heterocycles. The maximum Gasteiger partial charge on any atom is 0.255 e. The van der Waals surface area contributed by atoms with Crippen LogP contribution >= 0.6 is 27.5 Å². The van der Waals surface area contributed by atoms with Gasteiger partial charge in [0.15, 0.2) is 0 Å². The number of halogens is 3. The zero-order chi connectivity index (χ0) is 13.1. The Morgan fingerprint density at radius 2 is 2.00 bits per heavy atom. The molecule has 0 saturated carbocycles. The van der Waals surface area contributed by atoms with E-state index in [4.69, 9.17) is 11.6 Å². The minimum atomic E-state index is -0.432. The first kappa shape index (κ1) is 13.1. The van der Waals surface area contributed by atoms with E-state index in [1.807, 2.05) is 0 Å². The minimum absolute atomic E-state index is 0.334. The number of nitrogens with one attached hydrogen (secondary N) is 1. The van der Waals surface area contributed by atoms with Crippen molar-refractivity contribution in [3.8, 4) is 0 Å². The van der Waals surface area contributed by atoms with Crippen LogP contribution in [0.1, 0.15) is 10.4 Å². The molecule has 1 N–H and O–H groups in total. The molecule has 2 aromatic rings. The summed E-state index contributed by atoms with van der Waals surface area (Å²) in [5, 5.41) is 3.07. The predicted octanol–water partition coefficient (Wildman–Crippen LogP) is 4.49. The molecule has 0 heterocycles. The smallest absolute Gasteiger partial charge is 0.255 e. The van der Waals surface area contributed by atoms with Crippen molar-refractivity contribution in [2.24, 2.45) is 0 Å². The summed E-state index contributed by atoms with van der Waals surface area (Å²) in [6.45, 7) is 0. The summed E-state index contributed by atoms with van der Waals surface area (Å²) in [6, 6.07) is 10.9. The summed E-state index contributed by atoms with van der Waals surface area (Å²) in [5.41, 5.74) is 0.812. The lowest BCUT2D eigenvalue weighted by Crippen LogP contribution is -2.11. The first-order valence-electron chi connectivity index (χ1n) is 5.08. The van der Waals surface area contributed by atoms with E-state index in [9.17, 15) is 9.18 Å². The first-order chi connectivity index (χ1) is 8.56. The molecule has 0 aliphatic heterocycles. The van der Waals surface area contributed by atoms with E-state index in [1.165, 1.54) is 12.1 Å². The molecule has 0 aliphatic rings. The number of hydrogen-bond donors (Lipinski definition) is 1. The van der Waals surface area contributed by atoms with E-state index in [2.05, 4.69) is 21.2 Å². The number of hydrogen-bond acceptors (Lipinski definition) is 1. The third-order valence-corrected chi connectivity index (χ3v) is 3.14. The van der Waals surface area contributed by atoms with Crippen molar-refractivity contribution >= 4 is 39.1 Å². The van der Waals surface area contributed by atoms with Crippen LogP contribution < -0.4 is 5.32 Å². The van der Waals surface area contributed by atoms with Gasteiger partial charge in [0.05, 0.1) is 4.47 Å². The zero-order valence-electron chi connectivity index (χ0n) is 9.08. The molecule has 5 heteroatoms. The van der Waals surface area contributed by atoms with Crippen LogP contribution in [-0.2, 0) is 0 Å². The lowest BCUT2D eigenvalue weighted by atomic mass is 10.2. The minimum Gasteiger partial charge on any atom is -0.322 e. The highest BCUT2D eigenvalue weighted by Crippen LogP contribution is 2.20. The summed E-state index contributed by atoms with van der Waals surface area (Å²) >= 11 is 8.84. The Kier molecular flexibility index (Phi) is 3.99. The summed E-state index contributed by atoms with van der Waals surface area (Å²) < 4.78 is 13.6. The van der Waals surface area contributed by atoms with Gasteiger partial charge in [-0.05, 0) is 52.3 Å². The van der Waals surface area contributed by atoms with Crippen LogP contribution in [0.2, 0.25) is 5.02 Å². The molecule has 92 valence electrons. The van der Waals surface area contributed by atoms with Gasteiger partial charge < -0.3 is 5.32 Å². The van der Waals surface area contributed by atoms with Crippen molar-refractivity contribution in [3.05, 3.63) is 63.3 Å². The number of carbonyl (C=O) groups is 1. The molecule has 0 bridgehead atoms. The van der Waals surface area contributed by atoms with Gasteiger partial charge in [0.2, 0.25) is 0 Å². The highest BCUT2D eigenvalue weighted by molar-refractivity contribution is 9.10. The average molecular weight is 329 g/mol. The summed E-state index contributed by atoms with van der Waals surface area (Å²) in [6.07, 6.45) is 0. The topological polar surface area (TPSA) is 29.1 Å². The molecule has 0 saturated heterocycles. The van der Waals surface area contributed by atoms with E-state index in [1.54, 1.807) is 30.3 Å². The largest absolute Gasteiger partial charge is 0.322 e. The summed E-state index contributed by atoms with van der Waals surface area (Å²) in [4.78, 5) is 11.9. The molecule has 0 fully saturated rings. The lowest BCUT2D eigenvalue weighted by Gasteiger charge is -2.06. The number of anilines is 1. The Hall–Kier alpha value is -1.39. The highest BCUT2D eigenvalue weighted by atomic mass is 79.9. The molecular formula is C13H8BrClFNO. The van der Waals surface area contributed by atoms with Crippen LogP contribution in [-0.4, -0.2) is 5.91 Å². The van der Waals surface area contributed by atoms with Gasteiger partial charge in [0, 0.05) is 16.3 Å². The molecular weight excluding hydrogens is 321 g/mol. The van der Waals surface area contributed by atoms with Crippen LogP contribution in [0.4, 0.5) is 10.1 Å². The molecule has 1 amide bonds. The average Bonchev–Trinajstić information content (AvgIpc) is 2.34. The van der Waals surface area contributed by atoms with E-state index >= 15 is 0 Å². The van der Waals surface area contributed by atoms with Crippen LogP contribution in [0, 0.1) is 5.82 Å². The lowest BCUT2D eigenvalue weighted by molar-refractivity contribution is 0.102. The van der Waals surface area contributed by atoms with Crippen LogP contribution in [0.5, 0.6) is 0 Å². The Bertz CT molecular complexity index is 603. The SMILES string of the molecule is O=C(Nc1ccc(Br)c(F)c1)c1cccc(Cl)c1. The first-order valence-corrected chi connectivity index (χ1v) is 6.25. The Balaban J connectivity index is 2.18. The van der Waals surface area contributed by atoms with Gasteiger partial charge in [0.1, 0.15) is 5.82 Å². The second-order valence-electron chi connectivity index (χ2n) is 3.59. The Morgan fingerprint density at radius 1 is 1.22 bits per heavy atom. The van der Waals surface area contributed by atoms with Crippen molar-refractivity contribution in [1.29, 1.82) is 0 Å². The second-order valence-corrected chi connectivity index (χ2v) is 4.88. The van der Waals surface area contributed by atoms with Crippen molar-refractivity contribution in [1.82, 2.24) is 0 Å². The highest BCUT2D eigenvalue weighted by Gasteiger charge is 2.07.